The summed E-state index contributed by atoms with van der Waals surface area (Å²) in [5.41, 5.74) is -0.293. The van der Waals surface area contributed by atoms with E-state index >= 15 is 0 Å². The average Bonchev–Trinajstić information content (AvgIpc) is 3.22. The normalized spacial score (nSPS) is 16.5. The molecule has 1 aliphatic heterocycles. The number of hydrogen-bond donors (Lipinski definition) is 2. The Labute approximate surface area is 210 Å². The van der Waals surface area contributed by atoms with E-state index in [1.165, 1.54) is 41.3 Å². The minimum atomic E-state index is -4.08. The molecule has 0 saturated carbocycles. The summed E-state index contributed by atoms with van der Waals surface area (Å²) in [5, 5.41) is 2.74. The fourth-order valence-electron chi connectivity index (χ4n) is 3.90. The lowest BCUT2D eigenvalue weighted by Gasteiger charge is -2.28. The predicted octanol–water partition coefficient (Wildman–Crippen LogP) is 5.25. The topological polar surface area (TPSA) is 105 Å². The number of rotatable bonds is 6. The van der Waals surface area contributed by atoms with Crippen molar-refractivity contribution in [2.24, 2.45) is 0 Å². The molecule has 0 aromatic heterocycles. The number of carbonyl (C=O) groups is 2. The van der Waals surface area contributed by atoms with E-state index < -0.39 is 39.6 Å². The number of halogens is 2. The predicted molar refractivity (Wildman–Crippen MR) is 133 cm³/mol. The van der Waals surface area contributed by atoms with Crippen molar-refractivity contribution in [2.75, 3.05) is 16.6 Å². The molecule has 1 aliphatic rings. The molecule has 1 atom stereocenters. The highest BCUT2D eigenvalue weighted by atomic mass is 32.2. The Morgan fingerprint density at radius 1 is 1.06 bits per heavy atom. The van der Waals surface area contributed by atoms with Crippen LogP contribution >= 0.6 is 0 Å². The average molecular weight is 524 g/mol. The molecule has 3 rings (SSSR count). The summed E-state index contributed by atoms with van der Waals surface area (Å²) >= 11 is 0. The molecule has 1 saturated heterocycles. The Morgan fingerprint density at radius 2 is 1.75 bits per heavy atom. The van der Waals surface area contributed by atoms with Crippen molar-refractivity contribution in [1.29, 1.82) is 0 Å². The van der Waals surface area contributed by atoms with Crippen LogP contribution < -0.4 is 10.0 Å². The van der Waals surface area contributed by atoms with E-state index in [-0.39, 0.29) is 16.1 Å². The standard InChI is InChI=1S/C25H31F2N3O5S/c1-16-14-18(28-22(31)20-10-7-13-30(20)23(32)35-24(2,3)4)11-12-21(16)36(33,34)29-19-9-6-8-17(15-19)25(5,26)27/h6,8-9,11-12,14-15,20,29H,7,10,13H2,1-5H3,(H,28,31)/t20-/m0/s1. The van der Waals surface area contributed by atoms with E-state index in [2.05, 4.69) is 10.0 Å². The SMILES string of the molecule is Cc1cc(NC(=O)[C@@H]2CCCN2C(=O)OC(C)(C)C)ccc1S(=O)(=O)Nc1cccc(C(C)(F)F)c1. The van der Waals surface area contributed by atoms with E-state index in [4.69, 9.17) is 4.74 Å². The van der Waals surface area contributed by atoms with Gasteiger partial charge in [-0.1, -0.05) is 12.1 Å². The second kappa shape index (κ2) is 10.0. The molecule has 2 aromatic carbocycles. The van der Waals surface area contributed by atoms with E-state index in [1.54, 1.807) is 27.7 Å². The molecule has 196 valence electrons. The molecule has 1 heterocycles. The monoisotopic (exact) mass is 523 g/mol. The van der Waals surface area contributed by atoms with Crippen molar-refractivity contribution < 1.29 is 31.5 Å². The van der Waals surface area contributed by atoms with Crippen LogP contribution in [-0.2, 0) is 25.5 Å². The van der Waals surface area contributed by atoms with Crippen LogP contribution in [0.15, 0.2) is 47.4 Å². The van der Waals surface area contributed by atoms with Gasteiger partial charge < -0.3 is 10.1 Å². The first kappa shape index (κ1) is 27.4. The number of benzene rings is 2. The van der Waals surface area contributed by atoms with Gasteiger partial charge in [-0.2, -0.15) is 0 Å². The third kappa shape index (κ3) is 6.71. The highest BCUT2D eigenvalue weighted by Gasteiger charge is 2.36. The van der Waals surface area contributed by atoms with Gasteiger partial charge in [0.2, 0.25) is 5.91 Å². The first-order valence-corrected chi connectivity index (χ1v) is 13.0. The lowest BCUT2D eigenvalue weighted by molar-refractivity contribution is -0.120. The van der Waals surface area contributed by atoms with Crippen LogP contribution in [0.4, 0.5) is 25.0 Å². The number of nitrogens with one attached hydrogen (secondary N) is 2. The van der Waals surface area contributed by atoms with Gasteiger partial charge in [0.05, 0.1) is 4.90 Å². The number of sulfonamides is 1. The fourth-order valence-corrected chi connectivity index (χ4v) is 5.18. The van der Waals surface area contributed by atoms with Crippen molar-refractivity contribution in [2.45, 2.75) is 69.9 Å². The summed E-state index contributed by atoms with van der Waals surface area (Å²) in [6.07, 6.45) is 0.578. The number of nitrogens with zero attached hydrogens (tertiary/aromatic N) is 1. The number of aryl methyl sites for hydroxylation is 1. The van der Waals surface area contributed by atoms with Crippen molar-refractivity contribution in [1.82, 2.24) is 4.90 Å². The molecular weight excluding hydrogens is 492 g/mol. The second-order valence-electron chi connectivity index (χ2n) is 9.88. The Hall–Kier alpha value is -3.21. The van der Waals surface area contributed by atoms with Crippen LogP contribution in [0.5, 0.6) is 0 Å². The molecular formula is C25H31F2N3O5S. The zero-order valence-electron chi connectivity index (χ0n) is 20.9. The maximum atomic E-state index is 13.6. The number of ether oxygens (including phenoxy) is 1. The maximum Gasteiger partial charge on any atom is 0.410 e. The Balaban J connectivity index is 1.73. The molecule has 0 radical (unpaired) electrons. The molecule has 1 fully saturated rings. The number of carbonyl (C=O) groups excluding carboxylic acids is 2. The van der Waals surface area contributed by atoms with Gasteiger partial charge in [0.1, 0.15) is 11.6 Å². The fraction of sp³-hybridized carbons (Fsp3) is 0.440. The smallest absolute Gasteiger partial charge is 0.410 e. The first-order valence-electron chi connectivity index (χ1n) is 11.5. The number of anilines is 2. The van der Waals surface area contributed by atoms with Gasteiger partial charge in [-0.05, 0) is 76.4 Å². The summed E-state index contributed by atoms with van der Waals surface area (Å²) in [6.45, 7) is 7.94. The van der Waals surface area contributed by atoms with Gasteiger partial charge in [-0.3, -0.25) is 14.4 Å². The van der Waals surface area contributed by atoms with Gasteiger partial charge in [0.15, 0.2) is 0 Å². The lowest BCUT2D eigenvalue weighted by atomic mass is 10.1. The van der Waals surface area contributed by atoms with Crippen LogP contribution in [0.25, 0.3) is 0 Å². The summed E-state index contributed by atoms with van der Waals surface area (Å²) in [6, 6.07) is 8.59. The molecule has 0 aliphatic carbocycles. The molecule has 0 spiro atoms. The van der Waals surface area contributed by atoms with Crippen molar-refractivity contribution in [3.63, 3.8) is 0 Å². The van der Waals surface area contributed by atoms with E-state index in [0.717, 1.165) is 13.0 Å². The maximum absolute atomic E-state index is 13.6. The van der Waals surface area contributed by atoms with Gasteiger partial charge >= 0.3 is 6.09 Å². The van der Waals surface area contributed by atoms with E-state index in [1.807, 2.05) is 0 Å². The van der Waals surface area contributed by atoms with Crippen molar-refractivity contribution >= 4 is 33.4 Å². The molecule has 36 heavy (non-hydrogen) atoms. The van der Waals surface area contributed by atoms with Gasteiger partial charge in [0.25, 0.3) is 15.9 Å². The summed E-state index contributed by atoms with van der Waals surface area (Å²) < 4.78 is 60.8. The van der Waals surface area contributed by atoms with Crippen molar-refractivity contribution in [3.8, 4) is 0 Å². The van der Waals surface area contributed by atoms with Crippen LogP contribution in [0.3, 0.4) is 0 Å². The van der Waals surface area contributed by atoms with E-state index in [9.17, 15) is 26.8 Å². The minimum Gasteiger partial charge on any atom is -0.444 e. The van der Waals surface area contributed by atoms with Crippen LogP contribution in [0.2, 0.25) is 0 Å². The number of hydrogen-bond acceptors (Lipinski definition) is 5. The number of amides is 2. The number of likely N-dealkylation sites (tertiary alicyclic amines) is 1. The van der Waals surface area contributed by atoms with Gasteiger partial charge in [-0.15, -0.1) is 0 Å². The highest BCUT2D eigenvalue weighted by molar-refractivity contribution is 7.92. The first-order chi connectivity index (χ1) is 16.6. The Kier molecular flexibility index (Phi) is 7.64. The molecule has 11 heteroatoms. The largest absolute Gasteiger partial charge is 0.444 e. The molecule has 2 amide bonds. The second-order valence-corrected chi connectivity index (χ2v) is 11.5. The minimum absolute atomic E-state index is 0.00859. The third-order valence-corrected chi connectivity index (χ3v) is 7.08. The summed E-state index contributed by atoms with van der Waals surface area (Å²) in [7, 11) is -4.08. The zero-order chi connectivity index (χ0) is 26.9. The number of alkyl halides is 2. The molecule has 2 N–H and O–H groups in total. The van der Waals surface area contributed by atoms with E-state index in [0.29, 0.717) is 30.6 Å². The highest BCUT2D eigenvalue weighted by Crippen LogP contribution is 2.30. The van der Waals surface area contributed by atoms with Crippen LogP contribution in [-0.4, -0.2) is 43.5 Å². The molecule has 2 aromatic rings. The van der Waals surface area contributed by atoms with Gasteiger partial charge in [0, 0.05) is 30.4 Å². The quantitative estimate of drug-likeness (QED) is 0.539. The molecule has 0 bridgehead atoms. The zero-order valence-corrected chi connectivity index (χ0v) is 21.7. The summed E-state index contributed by atoms with van der Waals surface area (Å²) in [4.78, 5) is 26.7. The molecule has 0 unspecified atom stereocenters. The third-order valence-electron chi connectivity index (χ3n) is 5.54. The Morgan fingerprint density at radius 3 is 2.36 bits per heavy atom. The van der Waals surface area contributed by atoms with Crippen molar-refractivity contribution in [3.05, 3.63) is 53.6 Å². The van der Waals surface area contributed by atoms with Crippen LogP contribution in [0.1, 0.15) is 51.7 Å². The van der Waals surface area contributed by atoms with Gasteiger partial charge in [-0.25, -0.2) is 22.0 Å². The lowest BCUT2D eigenvalue weighted by Crippen LogP contribution is -2.45. The summed E-state index contributed by atoms with van der Waals surface area (Å²) in [5.74, 6) is -3.51. The Bertz CT molecular complexity index is 1250. The van der Waals surface area contributed by atoms with Crippen LogP contribution in [0, 0.1) is 6.92 Å². The molecule has 8 nitrogen and oxygen atoms in total.